The Morgan fingerprint density at radius 3 is 1.56 bits per heavy atom. The highest BCUT2D eigenvalue weighted by molar-refractivity contribution is 7.80. The Morgan fingerprint density at radius 2 is 1.08 bits per heavy atom. The van der Waals surface area contributed by atoms with Crippen LogP contribution in [0.3, 0.4) is 0 Å². The highest BCUT2D eigenvalue weighted by atomic mass is 32.1. The summed E-state index contributed by atoms with van der Waals surface area (Å²) >= 11 is 1.92. The Morgan fingerprint density at radius 1 is 0.615 bits per heavy atom. The molecule has 0 aliphatic carbocycles. The lowest BCUT2D eigenvalue weighted by atomic mass is 9.96. The number of thiophene rings is 1. The van der Waals surface area contributed by atoms with Crippen molar-refractivity contribution >= 4 is 53.9 Å². The number of benzene rings is 4. The van der Waals surface area contributed by atoms with Gasteiger partial charge in [-0.2, -0.15) is 0 Å². The average Bonchev–Trinajstić information content (AvgIpc) is 3.56. The first-order chi connectivity index (χ1) is 19.2. The third-order valence-corrected chi connectivity index (χ3v) is 13.0. The molecule has 39 heavy (non-hydrogen) atoms. The summed E-state index contributed by atoms with van der Waals surface area (Å²) in [7, 11) is -1.67. The first-order valence-electron chi connectivity index (χ1n) is 13.4. The molecule has 0 bridgehead atoms. The van der Waals surface area contributed by atoms with Gasteiger partial charge in [-0.05, 0) is 37.9 Å². The van der Waals surface area contributed by atoms with Crippen molar-refractivity contribution < 1.29 is 9.26 Å². The van der Waals surface area contributed by atoms with Crippen LogP contribution in [-0.2, 0) is 9.26 Å². The predicted molar refractivity (Wildman–Crippen MR) is 170 cm³/mol. The molecule has 1 aliphatic heterocycles. The van der Waals surface area contributed by atoms with Crippen LogP contribution in [0.2, 0.25) is 0 Å². The lowest BCUT2D eigenvalue weighted by molar-refractivity contribution is 0.151. The second kappa shape index (κ2) is 12.3. The molecule has 2 unspecified atom stereocenters. The van der Waals surface area contributed by atoms with E-state index in [0.717, 1.165) is 0 Å². The van der Waals surface area contributed by atoms with E-state index in [1.54, 1.807) is 0 Å². The van der Waals surface area contributed by atoms with E-state index in [9.17, 15) is 0 Å². The summed E-state index contributed by atoms with van der Waals surface area (Å²) in [4.78, 5) is 2.79. The van der Waals surface area contributed by atoms with Gasteiger partial charge < -0.3 is 9.26 Å². The van der Waals surface area contributed by atoms with E-state index >= 15 is 0 Å². The third-order valence-electron chi connectivity index (χ3n) is 7.15. The minimum absolute atomic E-state index is 0.00799. The average molecular weight is 567 g/mol. The maximum Gasteiger partial charge on any atom is 0.0951 e. The van der Waals surface area contributed by atoms with Gasteiger partial charge in [-0.3, -0.25) is 0 Å². The van der Waals surface area contributed by atoms with Crippen molar-refractivity contribution in [2.24, 2.45) is 0 Å². The SMILES string of the molecule is Cc1sc(C)c(P(c2ccccc2)c2ccccc2)c1C1COCC1OP(c1ccccc1)c1ccccc1. The van der Waals surface area contributed by atoms with Crippen LogP contribution in [0.15, 0.2) is 121 Å². The van der Waals surface area contributed by atoms with Crippen molar-refractivity contribution in [3.8, 4) is 0 Å². The fourth-order valence-corrected chi connectivity index (χ4v) is 11.5. The maximum absolute atomic E-state index is 7.11. The van der Waals surface area contributed by atoms with Crippen LogP contribution in [0.25, 0.3) is 0 Å². The Hall–Kier alpha value is -2.64. The third kappa shape index (κ3) is 5.66. The summed E-state index contributed by atoms with van der Waals surface area (Å²) in [6, 6.07) is 43.4. The molecule has 6 rings (SSSR count). The number of rotatable bonds is 8. The lowest BCUT2D eigenvalue weighted by Gasteiger charge is -2.28. The van der Waals surface area contributed by atoms with Crippen molar-refractivity contribution in [3.63, 3.8) is 0 Å². The Kier molecular flexibility index (Phi) is 8.35. The summed E-state index contributed by atoms with van der Waals surface area (Å²) < 4.78 is 13.3. The molecular weight excluding hydrogens is 534 g/mol. The molecule has 0 spiro atoms. The highest BCUT2D eigenvalue weighted by Crippen LogP contribution is 2.46. The van der Waals surface area contributed by atoms with E-state index in [0.29, 0.717) is 13.2 Å². The van der Waals surface area contributed by atoms with Crippen LogP contribution in [0.1, 0.15) is 21.2 Å². The molecule has 0 saturated carbocycles. The van der Waals surface area contributed by atoms with Gasteiger partial charge in [0.05, 0.1) is 27.5 Å². The Balaban J connectivity index is 1.42. The molecule has 2 atom stereocenters. The minimum atomic E-state index is -0.966. The smallest absolute Gasteiger partial charge is 0.0951 e. The van der Waals surface area contributed by atoms with Crippen LogP contribution in [0.4, 0.5) is 0 Å². The highest BCUT2D eigenvalue weighted by Gasteiger charge is 2.38. The normalized spacial score (nSPS) is 17.2. The van der Waals surface area contributed by atoms with Crippen molar-refractivity contribution in [2.75, 3.05) is 13.2 Å². The Bertz CT molecular complexity index is 1410. The summed E-state index contributed by atoms with van der Waals surface area (Å²) in [6.07, 6.45) is -0.00799. The van der Waals surface area contributed by atoms with Gasteiger partial charge in [0.15, 0.2) is 0 Å². The van der Waals surface area contributed by atoms with Crippen LogP contribution in [0.5, 0.6) is 0 Å². The van der Waals surface area contributed by atoms with Crippen molar-refractivity contribution in [1.82, 2.24) is 0 Å². The largest absolute Gasteiger partial charge is 0.378 e. The van der Waals surface area contributed by atoms with Gasteiger partial charge in [0.2, 0.25) is 0 Å². The fraction of sp³-hybridized carbons (Fsp3) is 0.176. The second-order valence-electron chi connectivity index (χ2n) is 9.74. The molecule has 2 heterocycles. The number of aryl methyl sites for hydroxylation is 2. The monoisotopic (exact) mass is 566 g/mol. The molecule has 1 saturated heterocycles. The zero-order chi connectivity index (χ0) is 26.6. The van der Waals surface area contributed by atoms with E-state index < -0.39 is 16.1 Å². The van der Waals surface area contributed by atoms with Crippen LogP contribution in [0, 0.1) is 13.8 Å². The molecule has 0 N–H and O–H groups in total. The summed E-state index contributed by atoms with van der Waals surface area (Å²) in [5.41, 5.74) is 1.44. The van der Waals surface area contributed by atoms with E-state index in [2.05, 4.69) is 135 Å². The van der Waals surface area contributed by atoms with Gasteiger partial charge in [0.1, 0.15) is 0 Å². The molecule has 5 heteroatoms. The molecule has 0 radical (unpaired) electrons. The molecule has 1 fully saturated rings. The fourth-order valence-electron chi connectivity index (χ4n) is 5.41. The summed E-state index contributed by atoms with van der Waals surface area (Å²) in [5.74, 6) is 0.194. The molecule has 5 aromatic rings. The molecule has 1 aromatic heterocycles. The first-order valence-corrected chi connectivity index (χ1v) is 16.8. The molecule has 2 nitrogen and oxygen atoms in total. The van der Waals surface area contributed by atoms with Gasteiger partial charge in [-0.15, -0.1) is 11.3 Å². The molecule has 1 aliphatic rings. The predicted octanol–water partition coefficient (Wildman–Crippen LogP) is 6.67. The van der Waals surface area contributed by atoms with Gasteiger partial charge in [0.25, 0.3) is 0 Å². The molecular formula is C34H32O2P2S. The minimum Gasteiger partial charge on any atom is -0.378 e. The number of hydrogen-bond donors (Lipinski definition) is 0. The molecule has 4 aromatic carbocycles. The van der Waals surface area contributed by atoms with E-state index in [1.807, 2.05) is 11.3 Å². The van der Waals surface area contributed by atoms with Crippen molar-refractivity contribution in [2.45, 2.75) is 25.9 Å². The standard InChI is InChI=1S/C34H32O2P2S/c1-25-33(34(26(2)39-25)37(27-15-7-3-8-16-27)28-17-9-4-10-18-28)31-23-35-24-32(31)36-38(29-19-11-5-12-20-29)30-21-13-6-14-22-30/h3-22,31-32H,23-24H2,1-2H3. The van der Waals surface area contributed by atoms with Gasteiger partial charge in [0, 0.05) is 31.6 Å². The summed E-state index contributed by atoms with van der Waals surface area (Å²) in [5, 5.41) is 6.72. The maximum atomic E-state index is 7.11. The molecule has 0 amide bonds. The van der Waals surface area contributed by atoms with Gasteiger partial charge in [-0.25, -0.2) is 0 Å². The quantitative estimate of drug-likeness (QED) is 0.195. The van der Waals surface area contributed by atoms with Crippen LogP contribution < -0.4 is 26.5 Å². The van der Waals surface area contributed by atoms with Crippen molar-refractivity contribution in [3.05, 3.63) is 137 Å². The van der Waals surface area contributed by atoms with E-state index in [-0.39, 0.29) is 12.0 Å². The van der Waals surface area contributed by atoms with Crippen LogP contribution >= 0.6 is 27.4 Å². The second-order valence-corrected chi connectivity index (χ2v) is 15.1. The number of hydrogen-bond acceptors (Lipinski definition) is 3. The topological polar surface area (TPSA) is 18.5 Å². The zero-order valence-electron chi connectivity index (χ0n) is 22.2. The first kappa shape index (κ1) is 26.6. The van der Waals surface area contributed by atoms with Gasteiger partial charge >= 0.3 is 0 Å². The van der Waals surface area contributed by atoms with Crippen molar-refractivity contribution in [1.29, 1.82) is 0 Å². The Labute approximate surface area is 238 Å². The molecule has 196 valence electrons. The van der Waals surface area contributed by atoms with E-state index in [4.69, 9.17) is 9.26 Å². The zero-order valence-corrected chi connectivity index (χ0v) is 24.8. The van der Waals surface area contributed by atoms with Crippen LogP contribution in [-0.4, -0.2) is 19.3 Å². The lowest BCUT2D eigenvalue weighted by Crippen LogP contribution is -2.30. The van der Waals surface area contributed by atoms with Gasteiger partial charge in [-0.1, -0.05) is 121 Å². The summed E-state index contributed by atoms with van der Waals surface area (Å²) in [6.45, 7) is 5.89. The van der Waals surface area contributed by atoms with E-state index in [1.165, 1.54) is 41.8 Å². The number of ether oxygens (including phenoxy) is 1.